The Labute approximate surface area is 125 Å². The molecule has 0 spiro atoms. The summed E-state index contributed by atoms with van der Waals surface area (Å²) in [6.07, 6.45) is 1.36. The number of esters is 1. The van der Waals surface area contributed by atoms with Crippen LogP contribution in [0.4, 0.5) is 10.1 Å². The van der Waals surface area contributed by atoms with Crippen molar-refractivity contribution < 1.29 is 18.7 Å². The Morgan fingerprint density at radius 1 is 1.43 bits per heavy atom. The number of carbonyl (C=O) groups excluding carboxylic acids is 2. The van der Waals surface area contributed by atoms with Gasteiger partial charge in [-0.05, 0) is 24.3 Å². The van der Waals surface area contributed by atoms with Gasteiger partial charge in [0.15, 0.2) is 17.1 Å². The molecule has 0 unspecified atom stereocenters. The summed E-state index contributed by atoms with van der Waals surface area (Å²) in [6, 6.07) is 5.34. The number of nitrogens with zero attached hydrogens (tertiary/aromatic N) is 2. The summed E-state index contributed by atoms with van der Waals surface area (Å²) in [6.45, 7) is 0. The number of halogens is 1. The summed E-state index contributed by atoms with van der Waals surface area (Å²) in [5.74, 6) is -1.40. The molecule has 0 fully saturated rings. The number of Topliss-reactive ketones (excluding diaryl/α,β-unsaturated/α-hetero) is 1. The van der Waals surface area contributed by atoms with Gasteiger partial charge >= 0.3 is 5.97 Å². The Morgan fingerprint density at radius 2 is 2.10 bits per heavy atom. The highest BCUT2D eigenvalue weighted by Gasteiger charge is 2.11. The molecular weight excluding hydrogens is 297 g/mol. The van der Waals surface area contributed by atoms with E-state index in [1.165, 1.54) is 31.4 Å². The molecular formula is C13H12FN3O3S. The van der Waals surface area contributed by atoms with Crippen LogP contribution in [0.15, 0.2) is 29.3 Å². The van der Waals surface area contributed by atoms with E-state index in [1.807, 2.05) is 0 Å². The molecule has 1 aromatic rings. The lowest BCUT2D eigenvalue weighted by Crippen LogP contribution is -2.17. The second-order valence-corrected chi connectivity index (χ2v) is 4.67. The molecule has 1 rings (SSSR count). The number of ether oxygens (including phenoxy) is 1. The zero-order chi connectivity index (χ0) is 15.7. The SMILES string of the molecule is COC(=O)CC(=O)CSC(=Nc1ccc(F)cc1)NC#N. The Balaban J connectivity index is 2.65. The normalized spacial score (nSPS) is 10.6. The first-order chi connectivity index (χ1) is 10.0. The van der Waals surface area contributed by atoms with E-state index in [1.54, 1.807) is 6.19 Å². The van der Waals surface area contributed by atoms with E-state index >= 15 is 0 Å². The molecule has 0 radical (unpaired) electrons. The minimum absolute atomic E-state index is 0.0379. The lowest BCUT2D eigenvalue weighted by atomic mass is 10.3. The fourth-order valence-electron chi connectivity index (χ4n) is 1.21. The number of rotatable bonds is 5. The molecule has 0 heterocycles. The van der Waals surface area contributed by atoms with Crippen molar-refractivity contribution in [2.75, 3.05) is 12.9 Å². The largest absolute Gasteiger partial charge is 0.469 e. The predicted molar refractivity (Wildman–Crippen MR) is 76.3 cm³/mol. The lowest BCUT2D eigenvalue weighted by Gasteiger charge is -2.03. The molecule has 0 saturated heterocycles. The zero-order valence-electron chi connectivity index (χ0n) is 11.1. The summed E-state index contributed by atoms with van der Waals surface area (Å²) in [5.41, 5.74) is 0.432. The molecule has 0 aromatic heterocycles. The van der Waals surface area contributed by atoms with Gasteiger partial charge in [-0.3, -0.25) is 14.9 Å². The number of ketones is 1. The van der Waals surface area contributed by atoms with Crippen molar-refractivity contribution in [2.24, 2.45) is 4.99 Å². The van der Waals surface area contributed by atoms with E-state index in [9.17, 15) is 14.0 Å². The average Bonchev–Trinajstić information content (AvgIpc) is 2.47. The molecule has 21 heavy (non-hydrogen) atoms. The molecule has 0 aliphatic rings. The fraction of sp³-hybridized carbons (Fsp3) is 0.231. The third-order valence-electron chi connectivity index (χ3n) is 2.16. The first-order valence-electron chi connectivity index (χ1n) is 5.76. The quantitative estimate of drug-likeness (QED) is 0.222. The van der Waals surface area contributed by atoms with Gasteiger partial charge in [0.05, 0.1) is 18.6 Å². The second-order valence-electron chi connectivity index (χ2n) is 3.71. The van der Waals surface area contributed by atoms with Crippen LogP contribution in [-0.2, 0) is 14.3 Å². The predicted octanol–water partition coefficient (Wildman–Crippen LogP) is 1.75. The van der Waals surface area contributed by atoms with E-state index in [0.29, 0.717) is 5.69 Å². The Morgan fingerprint density at radius 3 is 2.67 bits per heavy atom. The Kier molecular flexibility index (Phi) is 6.91. The minimum Gasteiger partial charge on any atom is -0.469 e. The van der Waals surface area contributed by atoms with E-state index < -0.39 is 11.8 Å². The third-order valence-corrected chi connectivity index (χ3v) is 3.09. The van der Waals surface area contributed by atoms with Crippen molar-refractivity contribution in [3.63, 3.8) is 0 Å². The van der Waals surface area contributed by atoms with Crippen LogP contribution in [0.25, 0.3) is 0 Å². The number of amidine groups is 1. The molecule has 0 atom stereocenters. The van der Waals surface area contributed by atoms with Gasteiger partial charge in [0.2, 0.25) is 0 Å². The maximum absolute atomic E-state index is 12.8. The van der Waals surface area contributed by atoms with Crippen molar-refractivity contribution >= 4 is 34.4 Å². The highest BCUT2D eigenvalue weighted by Crippen LogP contribution is 2.15. The molecule has 0 aliphatic heterocycles. The summed E-state index contributed by atoms with van der Waals surface area (Å²) < 4.78 is 17.2. The number of benzene rings is 1. The van der Waals surface area contributed by atoms with Crippen LogP contribution >= 0.6 is 11.8 Å². The first-order valence-corrected chi connectivity index (χ1v) is 6.74. The van der Waals surface area contributed by atoms with Gasteiger partial charge in [0.25, 0.3) is 0 Å². The van der Waals surface area contributed by atoms with Crippen molar-refractivity contribution in [1.29, 1.82) is 5.26 Å². The van der Waals surface area contributed by atoms with Gasteiger partial charge in [0.1, 0.15) is 12.2 Å². The molecule has 1 aromatic carbocycles. The minimum atomic E-state index is -0.620. The number of nitrogens with one attached hydrogen (secondary N) is 1. The zero-order valence-corrected chi connectivity index (χ0v) is 11.9. The monoisotopic (exact) mass is 309 g/mol. The maximum atomic E-state index is 12.8. The van der Waals surface area contributed by atoms with Crippen molar-refractivity contribution in [3.05, 3.63) is 30.1 Å². The summed E-state index contributed by atoms with van der Waals surface area (Å²) in [7, 11) is 1.20. The lowest BCUT2D eigenvalue weighted by molar-refractivity contribution is -0.142. The average molecular weight is 309 g/mol. The summed E-state index contributed by atoms with van der Waals surface area (Å²) in [5, 5.41) is 11.1. The molecule has 110 valence electrons. The number of carbonyl (C=O) groups is 2. The maximum Gasteiger partial charge on any atom is 0.313 e. The van der Waals surface area contributed by atoms with Crippen LogP contribution in [0.2, 0.25) is 0 Å². The van der Waals surface area contributed by atoms with Gasteiger partial charge in [-0.1, -0.05) is 11.8 Å². The van der Waals surface area contributed by atoms with Crippen LogP contribution in [0.5, 0.6) is 0 Å². The molecule has 6 nitrogen and oxygen atoms in total. The Bertz CT molecular complexity index is 581. The standard InChI is InChI=1S/C13H12FN3O3S/c1-20-12(19)6-11(18)7-21-13(16-8-15)17-10-4-2-9(14)3-5-10/h2-5H,6-7H2,1H3,(H,16,17). The smallest absolute Gasteiger partial charge is 0.313 e. The topological polar surface area (TPSA) is 91.6 Å². The van der Waals surface area contributed by atoms with Crippen LogP contribution in [0.3, 0.4) is 0 Å². The number of nitriles is 1. The molecule has 1 N–H and O–H groups in total. The van der Waals surface area contributed by atoms with Crippen molar-refractivity contribution in [1.82, 2.24) is 5.32 Å². The van der Waals surface area contributed by atoms with Crippen molar-refractivity contribution in [2.45, 2.75) is 6.42 Å². The van der Waals surface area contributed by atoms with E-state index in [4.69, 9.17) is 5.26 Å². The molecule has 8 heteroatoms. The van der Waals surface area contributed by atoms with E-state index in [-0.39, 0.29) is 23.1 Å². The van der Waals surface area contributed by atoms with E-state index in [0.717, 1.165) is 11.8 Å². The number of thioether (sulfide) groups is 1. The number of aliphatic imine (C=N–C) groups is 1. The molecule has 0 bridgehead atoms. The van der Waals surface area contributed by atoms with Gasteiger partial charge in [-0.25, -0.2) is 9.38 Å². The van der Waals surface area contributed by atoms with Crippen molar-refractivity contribution in [3.8, 4) is 6.19 Å². The Hall–Kier alpha value is -2.40. The van der Waals surface area contributed by atoms with Crippen LogP contribution in [-0.4, -0.2) is 29.8 Å². The summed E-state index contributed by atoms with van der Waals surface area (Å²) >= 11 is 0.971. The summed E-state index contributed by atoms with van der Waals surface area (Å²) in [4.78, 5) is 26.5. The fourth-order valence-corrected chi connectivity index (χ4v) is 1.90. The third kappa shape index (κ3) is 6.54. The van der Waals surface area contributed by atoms with Gasteiger partial charge in [0, 0.05) is 0 Å². The number of methoxy groups -OCH3 is 1. The molecule has 0 amide bonds. The van der Waals surface area contributed by atoms with E-state index in [2.05, 4.69) is 15.0 Å². The highest BCUT2D eigenvalue weighted by atomic mass is 32.2. The van der Waals surface area contributed by atoms with Crippen LogP contribution < -0.4 is 5.32 Å². The molecule has 0 aliphatic carbocycles. The van der Waals surface area contributed by atoms with Crippen LogP contribution in [0.1, 0.15) is 6.42 Å². The van der Waals surface area contributed by atoms with Gasteiger partial charge in [-0.2, -0.15) is 5.26 Å². The van der Waals surface area contributed by atoms with Crippen LogP contribution in [0, 0.1) is 17.3 Å². The number of hydrogen-bond donors (Lipinski definition) is 1. The number of hydrogen-bond acceptors (Lipinski definition) is 6. The van der Waals surface area contributed by atoms with Gasteiger partial charge < -0.3 is 4.74 Å². The first kappa shape index (κ1) is 16.7. The molecule has 0 saturated carbocycles. The van der Waals surface area contributed by atoms with Gasteiger partial charge in [-0.15, -0.1) is 0 Å². The second kappa shape index (κ2) is 8.71. The highest BCUT2D eigenvalue weighted by molar-refractivity contribution is 8.14.